The Kier molecular flexibility index (Phi) is 6.65. The molecular formula is C22H13Cl3N2O3S2. The van der Waals surface area contributed by atoms with E-state index in [0.717, 1.165) is 22.3 Å². The van der Waals surface area contributed by atoms with Gasteiger partial charge in [-0.15, -0.1) is 0 Å². The van der Waals surface area contributed by atoms with Crippen LogP contribution < -0.4 is 5.43 Å². The molecule has 0 spiro atoms. The number of aryl methyl sites for hydroxylation is 1. The standard InChI is InChI=1S/C22H13Cl3N2O3S2/c1-11-2-5-15(16(24)8-11)20(28)26-27-21(29)19(32-22(27)31)10-13-4-7-18(30-13)14-6-3-12(23)9-17(14)25/h2-10H,1H3,(H,26,28)/b19-10+. The molecule has 0 bridgehead atoms. The van der Waals surface area contributed by atoms with Gasteiger partial charge in [0.15, 0.2) is 4.32 Å². The number of halogens is 3. The van der Waals surface area contributed by atoms with E-state index in [1.54, 1.807) is 54.6 Å². The van der Waals surface area contributed by atoms with Crippen LogP contribution in [0.25, 0.3) is 17.4 Å². The second-order valence-electron chi connectivity index (χ2n) is 6.77. The summed E-state index contributed by atoms with van der Waals surface area (Å²) >= 11 is 24.6. The van der Waals surface area contributed by atoms with E-state index >= 15 is 0 Å². The molecule has 1 aliphatic rings. The number of benzene rings is 2. The Bertz CT molecular complexity index is 1300. The molecule has 1 saturated heterocycles. The number of carbonyl (C=O) groups is 2. The molecule has 4 rings (SSSR count). The Morgan fingerprint density at radius 3 is 2.59 bits per heavy atom. The van der Waals surface area contributed by atoms with Gasteiger partial charge in [0.2, 0.25) is 0 Å². The van der Waals surface area contributed by atoms with Crippen LogP contribution in [-0.2, 0) is 4.79 Å². The number of amides is 2. The summed E-state index contributed by atoms with van der Waals surface area (Å²) in [7, 11) is 0. The Morgan fingerprint density at radius 1 is 1.09 bits per heavy atom. The fraction of sp³-hybridized carbons (Fsp3) is 0.0455. The van der Waals surface area contributed by atoms with Crippen LogP contribution in [0.4, 0.5) is 0 Å². The van der Waals surface area contributed by atoms with E-state index < -0.39 is 11.8 Å². The molecule has 1 aliphatic heterocycles. The highest BCUT2D eigenvalue weighted by atomic mass is 35.5. The number of hydrazine groups is 1. The number of thiocarbonyl (C=S) groups is 1. The van der Waals surface area contributed by atoms with Crippen molar-refractivity contribution >= 4 is 81.0 Å². The lowest BCUT2D eigenvalue weighted by Crippen LogP contribution is -2.44. The highest BCUT2D eigenvalue weighted by Gasteiger charge is 2.34. The van der Waals surface area contributed by atoms with Gasteiger partial charge in [-0.3, -0.25) is 15.0 Å². The number of nitrogens with one attached hydrogen (secondary N) is 1. The molecule has 2 amide bonds. The topological polar surface area (TPSA) is 62.6 Å². The zero-order valence-electron chi connectivity index (χ0n) is 16.3. The molecule has 0 atom stereocenters. The highest BCUT2D eigenvalue weighted by molar-refractivity contribution is 8.26. The number of carbonyl (C=O) groups excluding carboxylic acids is 2. The summed E-state index contributed by atoms with van der Waals surface area (Å²) in [6, 6.07) is 13.5. The van der Waals surface area contributed by atoms with Crippen molar-refractivity contribution in [1.82, 2.24) is 10.4 Å². The molecule has 10 heteroatoms. The molecule has 2 aromatic carbocycles. The lowest BCUT2D eigenvalue weighted by atomic mass is 10.1. The van der Waals surface area contributed by atoms with Crippen LogP contribution in [0.3, 0.4) is 0 Å². The Hall–Kier alpha value is -2.29. The summed E-state index contributed by atoms with van der Waals surface area (Å²) in [6.07, 6.45) is 1.55. The van der Waals surface area contributed by atoms with Crippen molar-refractivity contribution in [3.05, 3.63) is 85.4 Å². The SMILES string of the molecule is Cc1ccc(C(=O)NN2C(=O)/C(=C\c3ccc(-c4ccc(Cl)cc4Cl)o3)SC2=S)c(Cl)c1. The first-order valence-corrected chi connectivity index (χ1v) is 11.5. The zero-order chi connectivity index (χ0) is 23.0. The molecule has 1 N–H and O–H groups in total. The van der Waals surface area contributed by atoms with E-state index in [1.807, 2.05) is 6.92 Å². The van der Waals surface area contributed by atoms with Gasteiger partial charge in [-0.2, -0.15) is 5.01 Å². The second kappa shape index (κ2) is 9.29. The molecule has 0 radical (unpaired) electrons. The van der Waals surface area contributed by atoms with Crippen molar-refractivity contribution in [3.63, 3.8) is 0 Å². The van der Waals surface area contributed by atoms with Gasteiger partial charge in [0.05, 0.1) is 20.5 Å². The van der Waals surface area contributed by atoms with Gasteiger partial charge in [0, 0.05) is 16.7 Å². The summed E-state index contributed by atoms with van der Waals surface area (Å²) in [5.74, 6) is -0.0561. The minimum atomic E-state index is -0.537. The van der Waals surface area contributed by atoms with Gasteiger partial charge in [-0.25, -0.2) is 0 Å². The Morgan fingerprint density at radius 2 is 1.88 bits per heavy atom. The number of nitrogens with zero attached hydrogens (tertiary/aromatic N) is 1. The van der Waals surface area contributed by atoms with E-state index in [9.17, 15) is 9.59 Å². The number of furan rings is 1. The summed E-state index contributed by atoms with van der Waals surface area (Å²) in [5, 5.41) is 2.27. The quantitative estimate of drug-likeness (QED) is 0.302. The third-order valence-electron chi connectivity index (χ3n) is 4.47. The van der Waals surface area contributed by atoms with Gasteiger partial charge < -0.3 is 4.42 Å². The van der Waals surface area contributed by atoms with Crippen LogP contribution in [0, 0.1) is 6.92 Å². The van der Waals surface area contributed by atoms with Crippen LogP contribution >= 0.6 is 58.8 Å². The number of rotatable bonds is 4. The lowest BCUT2D eigenvalue weighted by molar-refractivity contribution is -0.123. The molecule has 3 aromatic rings. The lowest BCUT2D eigenvalue weighted by Gasteiger charge is -2.16. The van der Waals surface area contributed by atoms with Gasteiger partial charge in [0.25, 0.3) is 11.8 Å². The normalized spacial score (nSPS) is 15.0. The van der Waals surface area contributed by atoms with Crippen LogP contribution in [0.15, 0.2) is 57.9 Å². The van der Waals surface area contributed by atoms with Crippen LogP contribution in [0.5, 0.6) is 0 Å². The van der Waals surface area contributed by atoms with Crippen molar-refractivity contribution in [3.8, 4) is 11.3 Å². The maximum absolute atomic E-state index is 12.8. The molecule has 2 heterocycles. The first-order chi connectivity index (χ1) is 15.2. The van der Waals surface area contributed by atoms with Crippen LogP contribution in [0.2, 0.25) is 15.1 Å². The number of hydrogen-bond donors (Lipinski definition) is 1. The molecule has 0 unspecified atom stereocenters. The van der Waals surface area contributed by atoms with E-state index in [0.29, 0.717) is 32.0 Å². The van der Waals surface area contributed by atoms with E-state index in [2.05, 4.69) is 5.43 Å². The molecule has 1 fully saturated rings. The van der Waals surface area contributed by atoms with Crippen molar-refractivity contribution in [2.24, 2.45) is 0 Å². The molecule has 5 nitrogen and oxygen atoms in total. The Balaban J connectivity index is 1.52. The van der Waals surface area contributed by atoms with Gasteiger partial charge in [-0.05, 0) is 67.2 Å². The predicted molar refractivity (Wildman–Crippen MR) is 133 cm³/mol. The first kappa shape index (κ1) is 22.9. The molecule has 32 heavy (non-hydrogen) atoms. The molecule has 162 valence electrons. The monoisotopic (exact) mass is 522 g/mol. The van der Waals surface area contributed by atoms with Crippen LogP contribution in [-0.4, -0.2) is 21.1 Å². The summed E-state index contributed by atoms with van der Waals surface area (Å²) in [6.45, 7) is 1.86. The first-order valence-electron chi connectivity index (χ1n) is 9.13. The van der Waals surface area contributed by atoms with Crippen molar-refractivity contribution in [2.45, 2.75) is 6.92 Å². The van der Waals surface area contributed by atoms with Gasteiger partial charge in [0.1, 0.15) is 11.5 Å². The largest absolute Gasteiger partial charge is 0.457 e. The average Bonchev–Trinajstić information content (AvgIpc) is 3.28. The van der Waals surface area contributed by atoms with Gasteiger partial charge >= 0.3 is 0 Å². The van der Waals surface area contributed by atoms with E-state index in [4.69, 9.17) is 51.4 Å². The van der Waals surface area contributed by atoms with Crippen molar-refractivity contribution in [2.75, 3.05) is 0 Å². The Labute approximate surface area is 208 Å². The maximum atomic E-state index is 12.8. The summed E-state index contributed by atoms with van der Waals surface area (Å²) < 4.78 is 6.00. The fourth-order valence-electron chi connectivity index (χ4n) is 2.92. The maximum Gasteiger partial charge on any atom is 0.285 e. The molecular weight excluding hydrogens is 511 g/mol. The number of hydrogen-bond acceptors (Lipinski definition) is 5. The van der Waals surface area contributed by atoms with E-state index in [1.165, 1.54) is 0 Å². The van der Waals surface area contributed by atoms with Gasteiger partial charge in [-0.1, -0.05) is 52.6 Å². The molecule has 0 aliphatic carbocycles. The van der Waals surface area contributed by atoms with Crippen molar-refractivity contribution < 1.29 is 14.0 Å². The predicted octanol–water partition coefficient (Wildman–Crippen LogP) is 6.76. The third kappa shape index (κ3) is 4.72. The summed E-state index contributed by atoms with van der Waals surface area (Å²) in [4.78, 5) is 25.7. The highest BCUT2D eigenvalue weighted by Crippen LogP contribution is 2.35. The third-order valence-corrected chi connectivity index (χ3v) is 6.64. The summed E-state index contributed by atoms with van der Waals surface area (Å²) in [5.41, 5.74) is 4.34. The number of thioether (sulfide) groups is 1. The minimum absolute atomic E-state index is 0.186. The van der Waals surface area contributed by atoms with Crippen molar-refractivity contribution in [1.29, 1.82) is 0 Å². The second-order valence-corrected chi connectivity index (χ2v) is 9.69. The average molecular weight is 524 g/mol. The van der Waals surface area contributed by atoms with Crippen LogP contribution in [0.1, 0.15) is 21.7 Å². The fourth-order valence-corrected chi connectivity index (χ4v) is 4.91. The smallest absolute Gasteiger partial charge is 0.285 e. The minimum Gasteiger partial charge on any atom is -0.457 e. The molecule has 0 saturated carbocycles. The van der Waals surface area contributed by atoms with E-state index in [-0.39, 0.29) is 14.9 Å². The zero-order valence-corrected chi connectivity index (χ0v) is 20.2. The molecule has 1 aromatic heterocycles.